The molecule has 0 radical (unpaired) electrons. The second-order valence-corrected chi connectivity index (χ2v) is 7.54. The molecule has 1 nitrogen and oxygen atoms in total. The van der Waals surface area contributed by atoms with Crippen LogP contribution in [0.25, 0.3) is 0 Å². The molecule has 2 aromatic rings. The van der Waals surface area contributed by atoms with Crippen LogP contribution in [-0.2, 0) is 6.54 Å². The third-order valence-corrected chi connectivity index (χ3v) is 5.83. The Bertz CT molecular complexity index is 564. The fourth-order valence-electron chi connectivity index (χ4n) is 3.11. The average Bonchev–Trinajstić information content (AvgIpc) is 2.57. The van der Waals surface area contributed by atoms with Gasteiger partial charge >= 0.3 is 0 Å². The maximum absolute atomic E-state index is 3.80. The molecule has 3 rings (SSSR count). The van der Waals surface area contributed by atoms with Gasteiger partial charge in [0.1, 0.15) is 0 Å². The number of benzene rings is 2. The number of hydrogen-bond donors (Lipinski definition) is 1. The Kier molecular flexibility index (Phi) is 5.58. The van der Waals surface area contributed by atoms with Crippen molar-refractivity contribution < 1.29 is 0 Å². The zero-order valence-corrected chi connectivity index (χ0v) is 14.1. The molecule has 1 saturated carbocycles. The van der Waals surface area contributed by atoms with Gasteiger partial charge in [-0.2, -0.15) is 0 Å². The Morgan fingerprint density at radius 1 is 0.955 bits per heavy atom. The third-order valence-electron chi connectivity index (χ3n) is 4.42. The van der Waals surface area contributed by atoms with E-state index >= 15 is 0 Å². The summed E-state index contributed by atoms with van der Waals surface area (Å²) in [4.78, 5) is 1.41. The maximum Gasteiger partial charge on any atom is 0.0248 e. The van der Waals surface area contributed by atoms with Crippen molar-refractivity contribution in [1.82, 2.24) is 5.32 Å². The van der Waals surface area contributed by atoms with Crippen molar-refractivity contribution in [3.05, 3.63) is 65.7 Å². The van der Waals surface area contributed by atoms with Crippen molar-refractivity contribution in [2.45, 2.75) is 55.3 Å². The van der Waals surface area contributed by atoms with Crippen molar-refractivity contribution in [3.63, 3.8) is 0 Å². The van der Waals surface area contributed by atoms with Gasteiger partial charge in [-0.1, -0.05) is 60.9 Å². The largest absolute Gasteiger partial charge is 0.309 e. The molecule has 2 atom stereocenters. The average molecular weight is 311 g/mol. The van der Waals surface area contributed by atoms with Gasteiger partial charge in [0.05, 0.1) is 0 Å². The molecule has 116 valence electrons. The van der Waals surface area contributed by atoms with E-state index in [0.29, 0.717) is 11.3 Å². The van der Waals surface area contributed by atoms with E-state index in [2.05, 4.69) is 78.6 Å². The first-order chi connectivity index (χ1) is 10.8. The Hall–Kier alpha value is -1.25. The lowest BCUT2D eigenvalue weighted by atomic mass is 9.94. The van der Waals surface area contributed by atoms with Gasteiger partial charge in [0, 0.05) is 22.7 Å². The molecule has 2 aromatic carbocycles. The van der Waals surface area contributed by atoms with Crippen LogP contribution in [0.1, 0.15) is 36.8 Å². The van der Waals surface area contributed by atoms with Crippen LogP contribution in [0.4, 0.5) is 0 Å². The van der Waals surface area contributed by atoms with Crippen LogP contribution in [0.5, 0.6) is 0 Å². The molecule has 0 amide bonds. The van der Waals surface area contributed by atoms with E-state index in [1.807, 2.05) is 0 Å². The summed E-state index contributed by atoms with van der Waals surface area (Å²) in [6, 6.07) is 20.3. The quantitative estimate of drug-likeness (QED) is 0.815. The molecular weight excluding hydrogens is 286 g/mol. The highest BCUT2D eigenvalue weighted by atomic mass is 32.2. The SMILES string of the molecule is Cc1ccc(S[C@@H]2CCCC[C@H]2NCc2ccccc2)cc1. The summed E-state index contributed by atoms with van der Waals surface area (Å²) in [5, 5.41) is 4.49. The van der Waals surface area contributed by atoms with E-state index in [-0.39, 0.29) is 0 Å². The molecule has 2 heteroatoms. The molecule has 0 aromatic heterocycles. The van der Waals surface area contributed by atoms with Gasteiger partial charge in [-0.25, -0.2) is 0 Å². The zero-order valence-electron chi connectivity index (χ0n) is 13.3. The summed E-state index contributed by atoms with van der Waals surface area (Å²) in [7, 11) is 0. The van der Waals surface area contributed by atoms with Gasteiger partial charge < -0.3 is 5.32 Å². The minimum absolute atomic E-state index is 0.625. The van der Waals surface area contributed by atoms with Gasteiger partial charge in [-0.15, -0.1) is 11.8 Å². The maximum atomic E-state index is 3.80. The number of rotatable bonds is 5. The molecule has 22 heavy (non-hydrogen) atoms. The van der Waals surface area contributed by atoms with Crippen molar-refractivity contribution in [2.75, 3.05) is 0 Å². The number of aryl methyl sites for hydroxylation is 1. The second-order valence-electron chi connectivity index (χ2n) is 6.23. The molecule has 0 unspecified atom stereocenters. The first kappa shape index (κ1) is 15.6. The van der Waals surface area contributed by atoms with Crippen molar-refractivity contribution >= 4 is 11.8 Å². The fourth-order valence-corrected chi connectivity index (χ4v) is 4.43. The van der Waals surface area contributed by atoms with Crippen LogP contribution in [0, 0.1) is 6.92 Å². The lowest BCUT2D eigenvalue weighted by Gasteiger charge is -2.32. The second kappa shape index (κ2) is 7.85. The van der Waals surface area contributed by atoms with E-state index in [0.717, 1.165) is 6.54 Å². The Labute approximate surface area is 138 Å². The van der Waals surface area contributed by atoms with Gasteiger partial charge in [0.15, 0.2) is 0 Å². The smallest absolute Gasteiger partial charge is 0.0248 e. The molecule has 1 aliphatic carbocycles. The van der Waals surface area contributed by atoms with E-state index < -0.39 is 0 Å². The first-order valence-electron chi connectivity index (χ1n) is 8.32. The third kappa shape index (κ3) is 4.37. The predicted octanol–water partition coefficient (Wildman–Crippen LogP) is 5.19. The molecular formula is C20H25NS. The summed E-state index contributed by atoms with van der Waals surface area (Å²) in [6.07, 6.45) is 5.35. The molecule has 1 N–H and O–H groups in total. The monoisotopic (exact) mass is 311 g/mol. The van der Waals surface area contributed by atoms with Crippen LogP contribution in [-0.4, -0.2) is 11.3 Å². The summed E-state index contributed by atoms with van der Waals surface area (Å²) in [6.45, 7) is 3.13. The van der Waals surface area contributed by atoms with Crippen molar-refractivity contribution in [1.29, 1.82) is 0 Å². The van der Waals surface area contributed by atoms with E-state index in [1.165, 1.54) is 41.7 Å². The van der Waals surface area contributed by atoms with E-state index in [9.17, 15) is 0 Å². The molecule has 0 saturated heterocycles. The minimum atomic E-state index is 0.625. The van der Waals surface area contributed by atoms with E-state index in [4.69, 9.17) is 0 Å². The first-order valence-corrected chi connectivity index (χ1v) is 9.20. The highest BCUT2D eigenvalue weighted by Gasteiger charge is 2.25. The lowest BCUT2D eigenvalue weighted by molar-refractivity contribution is 0.383. The zero-order chi connectivity index (χ0) is 15.2. The van der Waals surface area contributed by atoms with Crippen LogP contribution in [0.3, 0.4) is 0 Å². The van der Waals surface area contributed by atoms with Gasteiger partial charge in [0.25, 0.3) is 0 Å². The van der Waals surface area contributed by atoms with Crippen LogP contribution >= 0.6 is 11.8 Å². The molecule has 0 spiro atoms. The topological polar surface area (TPSA) is 12.0 Å². The molecule has 1 aliphatic rings. The molecule has 1 fully saturated rings. The predicted molar refractivity (Wildman–Crippen MR) is 96.4 cm³/mol. The standard InChI is InChI=1S/C20H25NS/c1-16-11-13-18(14-12-16)22-20-10-6-5-9-19(20)21-15-17-7-3-2-4-8-17/h2-4,7-8,11-14,19-21H,5-6,9-10,15H2,1H3/t19-,20-/m1/s1. The van der Waals surface area contributed by atoms with Crippen molar-refractivity contribution in [3.8, 4) is 0 Å². The lowest BCUT2D eigenvalue weighted by Crippen LogP contribution is -2.40. The summed E-state index contributed by atoms with van der Waals surface area (Å²) in [5.74, 6) is 0. The number of nitrogens with one attached hydrogen (secondary N) is 1. The van der Waals surface area contributed by atoms with E-state index in [1.54, 1.807) is 0 Å². The Balaban J connectivity index is 1.59. The fraction of sp³-hybridized carbons (Fsp3) is 0.400. The molecule has 0 aliphatic heterocycles. The number of hydrogen-bond acceptors (Lipinski definition) is 2. The molecule has 0 bridgehead atoms. The highest BCUT2D eigenvalue weighted by molar-refractivity contribution is 8.00. The van der Waals surface area contributed by atoms with Gasteiger partial charge in [0.2, 0.25) is 0 Å². The van der Waals surface area contributed by atoms with Crippen LogP contribution < -0.4 is 5.32 Å². The Morgan fingerprint density at radius 3 is 2.45 bits per heavy atom. The van der Waals surface area contributed by atoms with Gasteiger partial charge in [-0.05, 0) is 37.5 Å². The van der Waals surface area contributed by atoms with Gasteiger partial charge in [-0.3, -0.25) is 0 Å². The summed E-state index contributed by atoms with van der Waals surface area (Å²) in [5.41, 5.74) is 2.72. The summed E-state index contributed by atoms with van der Waals surface area (Å²) >= 11 is 2.05. The van der Waals surface area contributed by atoms with Crippen LogP contribution in [0.2, 0.25) is 0 Å². The van der Waals surface area contributed by atoms with Crippen molar-refractivity contribution in [2.24, 2.45) is 0 Å². The number of thioether (sulfide) groups is 1. The van der Waals surface area contributed by atoms with Crippen LogP contribution in [0.15, 0.2) is 59.5 Å². The Morgan fingerprint density at radius 2 is 1.68 bits per heavy atom. The highest BCUT2D eigenvalue weighted by Crippen LogP contribution is 2.34. The molecule has 0 heterocycles. The minimum Gasteiger partial charge on any atom is -0.309 e. The normalized spacial score (nSPS) is 21.7. The summed E-state index contributed by atoms with van der Waals surface area (Å²) < 4.78 is 0.